The Morgan fingerprint density at radius 2 is 1.93 bits per heavy atom. The van der Waals surface area contributed by atoms with Gasteiger partial charge in [-0.2, -0.15) is 0 Å². The van der Waals surface area contributed by atoms with Crippen LogP contribution in [0.4, 0.5) is 0 Å². The van der Waals surface area contributed by atoms with Gasteiger partial charge in [0, 0.05) is 13.7 Å². The van der Waals surface area contributed by atoms with Gasteiger partial charge in [0.25, 0.3) is 0 Å². The van der Waals surface area contributed by atoms with Gasteiger partial charge in [-0.05, 0) is 36.7 Å². The molecule has 0 saturated carbocycles. The van der Waals surface area contributed by atoms with E-state index in [0.29, 0.717) is 4.08 Å². The van der Waals surface area contributed by atoms with E-state index in [0.717, 1.165) is 12.5 Å². The SMILES string of the molecule is COCCC1(CC(C)C)SCCCS1. The van der Waals surface area contributed by atoms with Gasteiger partial charge in [-0.1, -0.05) is 13.8 Å². The van der Waals surface area contributed by atoms with Crippen LogP contribution in [0.5, 0.6) is 0 Å². The van der Waals surface area contributed by atoms with Crippen molar-refractivity contribution in [3.63, 3.8) is 0 Å². The van der Waals surface area contributed by atoms with E-state index in [1.165, 1.54) is 30.8 Å². The molecule has 0 aromatic carbocycles. The molecule has 3 heteroatoms. The Kier molecular flexibility index (Phi) is 5.72. The van der Waals surface area contributed by atoms with Crippen LogP contribution >= 0.6 is 23.5 Å². The molecule has 0 aromatic heterocycles. The molecule has 1 nitrogen and oxygen atoms in total. The molecule has 1 heterocycles. The lowest BCUT2D eigenvalue weighted by molar-refractivity contribution is 0.189. The van der Waals surface area contributed by atoms with Crippen molar-refractivity contribution in [3.8, 4) is 0 Å². The number of thioether (sulfide) groups is 2. The van der Waals surface area contributed by atoms with Gasteiger partial charge in [-0.15, -0.1) is 23.5 Å². The normalized spacial score (nSPS) is 21.4. The molecule has 84 valence electrons. The van der Waals surface area contributed by atoms with E-state index >= 15 is 0 Å². The first kappa shape index (κ1) is 12.7. The minimum atomic E-state index is 0.461. The molecule has 1 aliphatic heterocycles. The maximum Gasteiger partial charge on any atom is 0.0635 e. The molecular weight excluding hydrogens is 212 g/mol. The van der Waals surface area contributed by atoms with Gasteiger partial charge in [0.2, 0.25) is 0 Å². The van der Waals surface area contributed by atoms with Crippen LogP contribution in [-0.4, -0.2) is 29.3 Å². The summed E-state index contributed by atoms with van der Waals surface area (Å²) in [7, 11) is 1.81. The summed E-state index contributed by atoms with van der Waals surface area (Å²) in [5, 5.41) is 0. The topological polar surface area (TPSA) is 9.23 Å². The quantitative estimate of drug-likeness (QED) is 0.719. The lowest BCUT2D eigenvalue weighted by Gasteiger charge is -2.37. The lowest BCUT2D eigenvalue weighted by Crippen LogP contribution is -2.28. The molecule has 0 N–H and O–H groups in total. The van der Waals surface area contributed by atoms with Gasteiger partial charge in [0.05, 0.1) is 4.08 Å². The van der Waals surface area contributed by atoms with E-state index < -0.39 is 0 Å². The van der Waals surface area contributed by atoms with Crippen molar-refractivity contribution in [2.45, 2.75) is 37.2 Å². The van der Waals surface area contributed by atoms with Gasteiger partial charge in [0.15, 0.2) is 0 Å². The summed E-state index contributed by atoms with van der Waals surface area (Å²) in [6, 6.07) is 0. The molecule has 1 saturated heterocycles. The number of hydrogen-bond acceptors (Lipinski definition) is 3. The number of hydrogen-bond donors (Lipinski definition) is 0. The fourth-order valence-corrected chi connectivity index (χ4v) is 5.56. The first-order valence-corrected chi connectivity index (χ1v) is 7.42. The fraction of sp³-hybridized carbons (Fsp3) is 1.00. The molecule has 0 atom stereocenters. The highest BCUT2D eigenvalue weighted by Crippen LogP contribution is 2.48. The molecule has 14 heavy (non-hydrogen) atoms. The van der Waals surface area contributed by atoms with Gasteiger partial charge in [-0.25, -0.2) is 0 Å². The molecule has 0 radical (unpaired) electrons. The molecule has 1 rings (SSSR count). The summed E-state index contributed by atoms with van der Waals surface area (Å²) >= 11 is 4.32. The second kappa shape index (κ2) is 6.29. The van der Waals surface area contributed by atoms with E-state index in [2.05, 4.69) is 37.4 Å². The average Bonchev–Trinajstić information content (AvgIpc) is 2.15. The summed E-state index contributed by atoms with van der Waals surface area (Å²) in [6.45, 7) is 5.56. The maximum atomic E-state index is 5.22. The fourth-order valence-electron chi connectivity index (χ4n) is 1.86. The highest BCUT2D eigenvalue weighted by Gasteiger charge is 2.33. The molecule has 0 unspecified atom stereocenters. The molecular formula is C11H22OS2. The number of rotatable bonds is 5. The third-order valence-corrected chi connectivity index (χ3v) is 5.91. The van der Waals surface area contributed by atoms with Crippen LogP contribution in [0.2, 0.25) is 0 Å². The van der Waals surface area contributed by atoms with E-state index in [1.807, 2.05) is 0 Å². The molecule has 0 bridgehead atoms. The number of ether oxygens (including phenoxy) is 1. The second-order valence-electron chi connectivity index (χ2n) is 4.30. The molecule has 0 amide bonds. The van der Waals surface area contributed by atoms with Crippen LogP contribution in [0.15, 0.2) is 0 Å². The maximum absolute atomic E-state index is 5.22. The third-order valence-electron chi connectivity index (χ3n) is 2.43. The van der Waals surface area contributed by atoms with Crippen molar-refractivity contribution >= 4 is 23.5 Å². The Labute approximate surface area is 96.7 Å². The average molecular weight is 234 g/mol. The van der Waals surface area contributed by atoms with E-state index in [1.54, 1.807) is 7.11 Å². The Hall–Kier alpha value is 0.660. The predicted molar refractivity (Wildman–Crippen MR) is 68.2 cm³/mol. The van der Waals surface area contributed by atoms with Crippen LogP contribution in [0.1, 0.15) is 33.1 Å². The highest BCUT2D eigenvalue weighted by molar-refractivity contribution is 8.18. The van der Waals surface area contributed by atoms with Crippen molar-refractivity contribution in [2.24, 2.45) is 5.92 Å². The van der Waals surface area contributed by atoms with Crippen molar-refractivity contribution in [3.05, 3.63) is 0 Å². The lowest BCUT2D eigenvalue weighted by atomic mass is 10.1. The summed E-state index contributed by atoms with van der Waals surface area (Å²) in [4.78, 5) is 0. The van der Waals surface area contributed by atoms with E-state index in [9.17, 15) is 0 Å². The summed E-state index contributed by atoms with van der Waals surface area (Å²) in [5.41, 5.74) is 0. The zero-order valence-corrected chi connectivity index (χ0v) is 11.2. The Bertz CT molecular complexity index is 153. The van der Waals surface area contributed by atoms with Gasteiger partial charge in [-0.3, -0.25) is 0 Å². The van der Waals surface area contributed by atoms with Gasteiger partial charge < -0.3 is 4.74 Å². The first-order valence-electron chi connectivity index (χ1n) is 5.45. The summed E-state index contributed by atoms with van der Waals surface area (Å²) in [6.07, 6.45) is 3.91. The van der Waals surface area contributed by atoms with Crippen molar-refractivity contribution in [1.82, 2.24) is 0 Å². The summed E-state index contributed by atoms with van der Waals surface area (Å²) in [5.74, 6) is 3.47. The van der Waals surface area contributed by atoms with E-state index in [4.69, 9.17) is 4.74 Å². The first-order chi connectivity index (χ1) is 6.68. The van der Waals surface area contributed by atoms with Crippen LogP contribution in [0.3, 0.4) is 0 Å². The minimum absolute atomic E-state index is 0.461. The zero-order valence-electron chi connectivity index (χ0n) is 9.54. The molecule has 1 aliphatic rings. The highest BCUT2D eigenvalue weighted by atomic mass is 32.2. The molecule has 0 spiro atoms. The minimum Gasteiger partial charge on any atom is -0.385 e. The van der Waals surface area contributed by atoms with Crippen LogP contribution in [0.25, 0.3) is 0 Å². The standard InChI is InChI=1S/C11H22OS2/c1-10(2)9-11(5-6-12-3)13-7-4-8-14-11/h10H,4-9H2,1-3H3. The molecule has 0 aliphatic carbocycles. The second-order valence-corrected chi connectivity index (χ2v) is 7.52. The Balaban J connectivity index is 2.47. The van der Waals surface area contributed by atoms with Crippen molar-refractivity contribution in [1.29, 1.82) is 0 Å². The third kappa shape index (κ3) is 4.03. The number of methoxy groups -OCH3 is 1. The van der Waals surface area contributed by atoms with E-state index in [-0.39, 0.29) is 0 Å². The Morgan fingerprint density at radius 3 is 2.43 bits per heavy atom. The summed E-state index contributed by atoms with van der Waals surface area (Å²) < 4.78 is 5.69. The Morgan fingerprint density at radius 1 is 1.29 bits per heavy atom. The van der Waals surface area contributed by atoms with Crippen LogP contribution in [0, 0.1) is 5.92 Å². The van der Waals surface area contributed by atoms with Crippen LogP contribution in [-0.2, 0) is 4.74 Å². The van der Waals surface area contributed by atoms with Crippen molar-refractivity contribution in [2.75, 3.05) is 25.2 Å². The zero-order chi connectivity index (χ0) is 10.4. The van der Waals surface area contributed by atoms with Crippen molar-refractivity contribution < 1.29 is 4.74 Å². The molecule has 0 aromatic rings. The smallest absolute Gasteiger partial charge is 0.0635 e. The van der Waals surface area contributed by atoms with Gasteiger partial charge in [0.1, 0.15) is 0 Å². The van der Waals surface area contributed by atoms with Gasteiger partial charge >= 0.3 is 0 Å². The predicted octanol–water partition coefficient (Wildman–Crippen LogP) is 3.64. The molecule has 1 fully saturated rings. The monoisotopic (exact) mass is 234 g/mol. The largest absolute Gasteiger partial charge is 0.385 e. The van der Waals surface area contributed by atoms with Crippen LogP contribution < -0.4 is 0 Å².